The fourth-order valence-corrected chi connectivity index (χ4v) is 5.74. The quantitative estimate of drug-likeness (QED) is 0.175. The number of halogens is 3. The van der Waals surface area contributed by atoms with Crippen LogP contribution in [-0.2, 0) is 24.9 Å². The number of rotatable bonds is 7. The SMILES string of the molecule is CC.Cc1ccc(F)cc1C1(c2noc(-c3ccn(C)n3)n2)CC1.Cn1nc(-c2nc(C3(c4ccccc4)CC3)no2)cc1C(F)F. The minimum absolute atomic E-state index is 0.171. The van der Waals surface area contributed by atoms with Gasteiger partial charge in [-0.25, -0.2) is 13.2 Å². The van der Waals surface area contributed by atoms with E-state index in [0.29, 0.717) is 23.2 Å². The van der Waals surface area contributed by atoms with Gasteiger partial charge in [-0.2, -0.15) is 20.2 Å². The Hall–Kier alpha value is -5.07. The van der Waals surface area contributed by atoms with Crippen molar-refractivity contribution in [3.05, 3.63) is 107 Å². The van der Waals surface area contributed by atoms with Crippen molar-refractivity contribution in [2.75, 3.05) is 0 Å². The molecule has 0 atom stereocenters. The highest BCUT2D eigenvalue weighted by Crippen LogP contribution is 2.54. The van der Waals surface area contributed by atoms with Gasteiger partial charge in [0.2, 0.25) is 0 Å². The maximum Gasteiger partial charge on any atom is 0.280 e. The smallest absolute Gasteiger partial charge is 0.280 e. The Morgan fingerprint density at radius 2 is 1.38 bits per heavy atom. The van der Waals surface area contributed by atoms with E-state index in [9.17, 15) is 13.2 Å². The first-order valence-corrected chi connectivity index (χ1v) is 15.5. The summed E-state index contributed by atoms with van der Waals surface area (Å²) in [6.07, 6.45) is 2.92. The zero-order chi connectivity index (χ0) is 33.3. The minimum Gasteiger partial charge on any atom is -0.332 e. The summed E-state index contributed by atoms with van der Waals surface area (Å²) in [5, 5.41) is 16.5. The van der Waals surface area contributed by atoms with Crippen LogP contribution in [-0.4, -0.2) is 39.8 Å². The molecule has 2 aliphatic carbocycles. The molecule has 13 heteroatoms. The van der Waals surface area contributed by atoms with E-state index in [2.05, 4.69) is 30.5 Å². The standard InChI is InChI=1S/C16H14F2N4O.C16H15FN4O.C2H6/c1-22-12(13(17)18)9-11(20-22)14-19-15(21-23-14)16(7-8-16)10-5-3-2-4-6-10;1-10-3-4-11(17)9-12(10)16(6-7-16)15-18-14(22-20-15)13-5-8-21(2)19-13;1-2/h2-6,9,13H,7-8H2,1H3;3-5,8-9H,6-7H2,1-2H3;1-2H3. The number of nitrogens with zero attached hydrogens (tertiary/aromatic N) is 8. The first-order chi connectivity index (χ1) is 22.7. The molecule has 0 unspecified atom stereocenters. The second kappa shape index (κ2) is 12.6. The van der Waals surface area contributed by atoms with E-state index in [1.807, 2.05) is 70.4 Å². The molecule has 8 rings (SSSR count). The van der Waals surface area contributed by atoms with Crippen LogP contribution >= 0.6 is 0 Å². The Balaban J connectivity index is 0.000000156. The van der Waals surface area contributed by atoms with Crippen molar-refractivity contribution >= 4 is 0 Å². The van der Waals surface area contributed by atoms with Crippen LogP contribution in [0, 0.1) is 12.7 Å². The molecule has 2 fully saturated rings. The Morgan fingerprint density at radius 1 is 0.766 bits per heavy atom. The topological polar surface area (TPSA) is 113 Å². The van der Waals surface area contributed by atoms with Crippen LogP contribution in [0.1, 0.15) is 80.0 Å². The summed E-state index contributed by atoms with van der Waals surface area (Å²) < 4.78 is 52.8. The lowest BCUT2D eigenvalue weighted by Gasteiger charge is -2.14. The normalized spacial score (nSPS) is 15.4. The summed E-state index contributed by atoms with van der Waals surface area (Å²) in [6.45, 7) is 5.98. The van der Waals surface area contributed by atoms with E-state index in [0.717, 1.165) is 47.1 Å². The van der Waals surface area contributed by atoms with E-state index < -0.39 is 6.43 Å². The summed E-state index contributed by atoms with van der Waals surface area (Å²) in [5.41, 5.74) is 3.33. The lowest BCUT2D eigenvalue weighted by molar-refractivity contribution is 0.141. The Labute approximate surface area is 269 Å². The maximum absolute atomic E-state index is 13.6. The molecule has 0 spiro atoms. The molecule has 2 aromatic carbocycles. The lowest BCUT2D eigenvalue weighted by atomic mass is 9.91. The minimum atomic E-state index is -2.59. The van der Waals surface area contributed by atoms with Gasteiger partial charge in [-0.1, -0.05) is 60.6 Å². The zero-order valence-corrected chi connectivity index (χ0v) is 26.8. The van der Waals surface area contributed by atoms with Gasteiger partial charge in [-0.05, 0) is 73.6 Å². The van der Waals surface area contributed by atoms with Crippen molar-refractivity contribution in [3.8, 4) is 23.2 Å². The van der Waals surface area contributed by atoms with Gasteiger partial charge in [0.1, 0.15) is 11.5 Å². The van der Waals surface area contributed by atoms with Crippen molar-refractivity contribution in [2.24, 2.45) is 14.1 Å². The molecule has 4 heterocycles. The van der Waals surface area contributed by atoms with Gasteiger partial charge in [0.25, 0.3) is 18.2 Å². The predicted octanol–water partition coefficient (Wildman–Crippen LogP) is 7.51. The van der Waals surface area contributed by atoms with Gasteiger partial charge >= 0.3 is 0 Å². The van der Waals surface area contributed by atoms with Crippen LogP contribution in [0.3, 0.4) is 0 Å². The monoisotopic (exact) mass is 644 g/mol. The van der Waals surface area contributed by atoms with Gasteiger partial charge in [0.05, 0.1) is 10.8 Å². The molecule has 0 radical (unpaired) electrons. The molecule has 0 N–H and O–H groups in total. The summed E-state index contributed by atoms with van der Waals surface area (Å²) >= 11 is 0. The van der Waals surface area contributed by atoms with Crippen LogP contribution < -0.4 is 0 Å². The maximum atomic E-state index is 13.6. The third-order valence-corrected chi connectivity index (χ3v) is 8.54. The molecule has 2 saturated carbocycles. The van der Waals surface area contributed by atoms with Crippen LogP contribution in [0.25, 0.3) is 23.2 Å². The molecule has 0 bridgehead atoms. The van der Waals surface area contributed by atoms with E-state index in [4.69, 9.17) is 9.05 Å². The van der Waals surface area contributed by atoms with Crippen molar-refractivity contribution < 1.29 is 22.2 Å². The van der Waals surface area contributed by atoms with Crippen molar-refractivity contribution in [2.45, 2.75) is 63.7 Å². The molecule has 4 aromatic heterocycles. The van der Waals surface area contributed by atoms with E-state index in [1.54, 1.807) is 16.8 Å². The Kier molecular flexibility index (Phi) is 8.56. The number of hydrogen-bond donors (Lipinski definition) is 0. The molecule has 10 nitrogen and oxygen atoms in total. The van der Waals surface area contributed by atoms with Crippen LogP contribution in [0.5, 0.6) is 0 Å². The molecular formula is C34H35F3N8O2. The second-order valence-corrected chi connectivity index (χ2v) is 11.6. The van der Waals surface area contributed by atoms with Crippen LogP contribution in [0.2, 0.25) is 0 Å². The van der Waals surface area contributed by atoms with Crippen LogP contribution in [0.4, 0.5) is 13.2 Å². The van der Waals surface area contributed by atoms with E-state index in [-0.39, 0.29) is 33.9 Å². The van der Waals surface area contributed by atoms with Crippen molar-refractivity contribution in [3.63, 3.8) is 0 Å². The Bertz CT molecular complexity index is 1970. The second-order valence-electron chi connectivity index (χ2n) is 11.6. The molecule has 0 saturated heterocycles. The van der Waals surface area contributed by atoms with Gasteiger partial charge in [0.15, 0.2) is 23.0 Å². The molecule has 0 aliphatic heterocycles. The summed E-state index contributed by atoms with van der Waals surface area (Å²) in [5.74, 6) is 1.53. The molecule has 2 aliphatic rings. The Morgan fingerprint density at radius 3 is 1.94 bits per heavy atom. The van der Waals surface area contributed by atoms with Gasteiger partial charge < -0.3 is 9.05 Å². The number of hydrogen-bond acceptors (Lipinski definition) is 8. The average molecular weight is 645 g/mol. The largest absolute Gasteiger partial charge is 0.332 e. The highest BCUT2D eigenvalue weighted by atomic mass is 19.3. The third-order valence-electron chi connectivity index (χ3n) is 8.54. The molecule has 244 valence electrons. The first-order valence-electron chi connectivity index (χ1n) is 15.5. The highest BCUT2D eigenvalue weighted by Gasteiger charge is 2.51. The van der Waals surface area contributed by atoms with Crippen molar-refractivity contribution in [1.29, 1.82) is 0 Å². The molecule has 6 aromatic rings. The zero-order valence-electron chi connectivity index (χ0n) is 26.8. The number of alkyl halides is 2. The molecular weight excluding hydrogens is 609 g/mol. The number of aryl methyl sites for hydroxylation is 3. The first kappa shape index (κ1) is 31.9. The lowest BCUT2D eigenvalue weighted by Crippen LogP contribution is -2.13. The third kappa shape index (κ3) is 6.09. The summed E-state index contributed by atoms with van der Waals surface area (Å²) in [4.78, 5) is 8.91. The van der Waals surface area contributed by atoms with Gasteiger partial charge in [0, 0.05) is 20.3 Å². The van der Waals surface area contributed by atoms with Gasteiger partial charge in [-0.15, -0.1) is 0 Å². The molecule has 0 amide bonds. The fourth-order valence-electron chi connectivity index (χ4n) is 5.74. The highest BCUT2D eigenvalue weighted by molar-refractivity contribution is 5.50. The number of benzene rings is 2. The summed E-state index contributed by atoms with van der Waals surface area (Å²) in [6, 6.07) is 18.0. The van der Waals surface area contributed by atoms with Crippen molar-refractivity contribution in [1.82, 2.24) is 39.8 Å². The van der Waals surface area contributed by atoms with Crippen LogP contribution in [0.15, 0.2) is 75.9 Å². The number of aromatic nitrogens is 8. The van der Waals surface area contributed by atoms with Gasteiger partial charge in [-0.3, -0.25) is 9.36 Å². The van der Waals surface area contributed by atoms with E-state index >= 15 is 0 Å². The van der Waals surface area contributed by atoms with E-state index in [1.165, 1.54) is 19.2 Å². The summed E-state index contributed by atoms with van der Waals surface area (Å²) in [7, 11) is 3.30. The molecule has 47 heavy (non-hydrogen) atoms. The fraction of sp³-hybridized carbons (Fsp3) is 0.353. The predicted molar refractivity (Wildman–Crippen MR) is 167 cm³/mol. The average Bonchev–Trinajstić information content (AvgIpc) is 3.74.